The quantitative estimate of drug-likeness (QED) is 0.852. The fourth-order valence-corrected chi connectivity index (χ4v) is 3.93. The van der Waals surface area contributed by atoms with E-state index in [0.29, 0.717) is 11.9 Å². The number of piperidine rings is 1. The number of nitrogens with zero attached hydrogens (tertiary/aromatic N) is 2. The number of nitrogens with one attached hydrogen (secondary N) is 1. The highest BCUT2D eigenvalue weighted by Gasteiger charge is 2.42. The monoisotopic (exact) mass is 281 g/mol. The molecule has 2 heterocycles. The van der Waals surface area contributed by atoms with Gasteiger partial charge in [0.1, 0.15) is 0 Å². The van der Waals surface area contributed by atoms with Crippen molar-refractivity contribution in [1.29, 1.82) is 0 Å². The van der Waals surface area contributed by atoms with Gasteiger partial charge in [0, 0.05) is 32.2 Å². The Kier molecular flexibility index (Phi) is 5.44. The van der Waals surface area contributed by atoms with Crippen molar-refractivity contribution >= 4 is 5.91 Å². The Morgan fingerprint density at radius 1 is 1.35 bits per heavy atom. The molecule has 1 N–H and O–H groups in total. The first-order valence-corrected chi connectivity index (χ1v) is 8.37. The third kappa shape index (κ3) is 3.17. The lowest BCUT2D eigenvalue weighted by atomic mass is 9.75. The number of piperazine rings is 1. The Labute approximate surface area is 123 Å². The predicted molar refractivity (Wildman–Crippen MR) is 82.7 cm³/mol. The number of carbonyl (C=O) groups excluding carboxylic acids is 1. The first-order chi connectivity index (χ1) is 9.63. The van der Waals surface area contributed by atoms with Gasteiger partial charge in [-0.1, -0.05) is 20.3 Å². The molecule has 0 aromatic rings. The summed E-state index contributed by atoms with van der Waals surface area (Å²) in [7, 11) is 0. The summed E-state index contributed by atoms with van der Waals surface area (Å²) < 4.78 is 0. The molecule has 2 atom stereocenters. The molecule has 2 aliphatic heterocycles. The van der Waals surface area contributed by atoms with Crippen LogP contribution in [-0.4, -0.2) is 61.0 Å². The second-order valence-corrected chi connectivity index (χ2v) is 6.54. The maximum Gasteiger partial charge on any atom is 0.230 e. The van der Waals surface area contributed by atoms with Crippen LogP contribution in [0.3, 0.4) is 0 Å². The molecule has 0 spiro atoms. The smallest absolute Gasteiger partial charge is 0.230 e. The lowest BCUT2D eigenvalue weighted by molar-refractivity contribution is -0.146. The average Bonchev–Trinajstić information content (AvgIpc) is 2.47. The fourth-order valence-electron chi connectivity index (χ4n) is 3.93. The van der Waals surface area contributed by atoms with Crippen molar-refractivity contribution in [2.24, 2.45) is 5.41 Å². The van der Waals surface area contributed by atoms with Gasteiger partial charge in [-0.25, -0.2) is 0 Å². The van der Waals surface area contributed by atoms with E-state index in [1.165, 1.54) is 0 Å². The minimum Gasteiger partial charge on any atom is -0.339 e. The number of hydrogen-bond donors (Lipinski definition) is 1. The molecule has 0 aromatic carbocycles. The Hall–Kier alpha value is -0.610. The van der Waals surface area contributed by atoms with Crippen molar-refractivity contribution in [2.45, 2.75) is 52.5 Å². The highest BCUT2D eigenvalue weighted by Crippen LogP contribution is 2.34. The maximum atomic E-state index is 13.1. The van der Waals surface area contributed by atoms with E-state index in [4.69, 9.17) is 0 Å². The second kappa shape index (κ2) is 6.90. The molecule has 2 saturated heterocycles. The normalized spacial score (nSPS) is 32.4. The third-order valence-corrected chi connectivity index (χ3v) is 5.11. The lowest BCUT2D eigenvalue weighted by Crippen LogP contribution is -2.59. The molecule has 2 fully saturated rings. The van der Waals surface area contributed by atoms with Crippen molar-refractivity contribution in [1.82, 2.24) is 15.1 Å². The molecule has 0 bridgehead atoms. The summed E-state index contributed by atoms with van der Waals surface area (Å²) in [5, 5.41) is 3.45. The van der Waals surface area contributed by atoms with E-state index < -0.39 is 0 Å². The van der Waals surface area contributed by atoms with E-state index >= 15 is 0 Å². The molecule has 2 unspecified atom stereocenters. The first-order valence-electron chi connectivity index (χ1n) is 8.37. The standard InChI is InChI=1S/C16H31N3O/c1-4-7-16(8-6-9-17-13-16)15(20)19-11-10-18(5-2)14(3)12-19/h14,17H,4-13H2,1-3H3. The highest BCUT2D eigenvalue weighted by molar-refractivity contribution is 5.83. The lowest BCUT2D eigenvalue weighted by Gasteiger charge is -2.45. The molecule has 0 aromatic heterocycles. The van der Waals surface area contributed by atoms with Gasteiger partial charge in [0.2, 0.25) is 5.91 Å². The van der Waals surface area contributed by atoms with Crippen LogP contribution in [-0.2, 0) is 4.79 Å². The number of carbonyl (C=O) groups is 1. The van der Waals surface area contributed by atoms with Gasteiger partial charge in [0.25, 0.3) is 0 Å². The molecule has 0 radical (unpaired) electrons. The summed E-state index contributed by atoms with van der Waals surface area (Å²) in [6, 6.07) is 0.493. The molecule has 4 nitrogen and oxygen atoms in total. The molecule has 20 heavy (non-hydrogen) atoms. The molecule has 2 rings (SSSR count). The Bertz CT molecular complexity index is 320. The molecule has 0 saturated carbocycles. The van der Waals surface area contributed by atoms with Gasteiger partial charge in [0.15, 0.2) is 0 Å². The molecule has 1 amide bonds. The predicted octanol–water partition coefficient (Wildman–Crippen LogP) is 1.71. The third-order valence-electron chi connectivity index (χ3n) is 5.11. The molecule has 0 aliphatic carbocycles. The van der Waals surface area contributed by atoms with E-state index in [9.17, 15) is 4.79 Å². The largest absolute Gasteiger partial charge is 0.339 e. The van der Waals surface area contributed by atoms with Gasteiger partial charge in [-0.15, -0.1) is 0 Å². The van der Waals surface area contributed by atoms with E-state index in [1.807, 2.05) is 0 Å². The number of likely N-dealkylation sites (N-methyl/N-ethyl adjacent to an activating group) is 1. The molecular weight excluding hydrogens is 250 g/mol. The maximum absolute atomic E-state index is 13.1. The van der Waals surface area contributed by atoms with E-state index in [1.54, 1.807) is 0 Å². The summed E-state index contributed by atoms with van der Waals surface area (Å²) in [6.07, 6.45) is 4.32. The molecule has 4 heteroatoms. The van der Waals surface area contributed by atoms with Gasteiger partial charge < -0.3 is 10.2 Å². The topological polar surface area (TPSA) is 35.6 Å². The Balaban J connectivity index is 2.04. The number of rotatable bonds is 4. The molecule has 116 valence electrons. The minimum absolute atomic E-state index is 0.124. The Morgan fingerprint density at radius 3 is 2.70 bits per heavy atom. The summed E-state index contributed by atoms with van der Waals surface area (Å²) in [5.41, 5.74) is -0.124. The van der Waals surface area contributed by atoms with Crippen molar-refractivity contribution in [3.8, 4) is 0 Å². The first kappa shape index (κ1) is 15.8. The van der Waals surface area contributed by atoms with Crippen LogP contribution in [0.25, 0.3) is 0 Å². The highest BCUT2D eigenvalue weighted by atomic mass is 16.2. The second-order valence-electron chi connectivity index (χ2n) is 6.54. The van der Waals surface area contributed by atoms with Gasteiger partial charge in [-0.05, 0) is 39.3 Å². The van der Waals surface area contributed by atoms with E-state index in [-0.39, 0.29) is 5.41 Å². The molecular formula is C16H31N3O. The van der Waals surface area contributed by atoms with E-state index in [2.05, 4.69) is 35.9 Å². The Morgan fingerprint density at radius 2 is 2.15 bits per heavy atom. The van der Waals surface area contributed by atoms with Crippen LogP contribution in [0.1, 0.15) is 46.5 Å². The van der Waals surface area contributed by atoms with Crippen LogP contribution in [0, 0.1) is 5.41 Å². The fraction of sp³-hybridized carbons (Fsp3) is 0.938. The van der Waals surface area contributed by atoms with Crippen LogP contribution in [0.5, 0.6) is 0 Å². The zero-order valence-electron chi connectivity index (χ0n) is 13.5. The van der Waals surface area contributed by atoms with Gasteiger partial charge in [0.05, 0.1) is 5.41 Å². The van der Waals surface area contributed by atoms with Crippen molar-refractivity contribution in [3.05, 3.63) is 0 Å². The van der Waals surface area contributed by atoms with Crippen molar-refractivity contribution in [2.75, 3.05) is 39.3 Å². The van der Waals surface area contributed by atoms with Gasteiger partial charge >= 0.3 is 0 Å². The summed E-state index contributed by atoms with van der Waals surface area (Å²) in [6.45, 7) is 12.5. The van der Waals surface area contributed by atoms with Gasteiger partial charge in [-0.2, -0.15) is 0 Å². The van der Waals surface area contributed by atoms with Crippen LogP contribution >= 0.6 is 0 Å². The SMILES string of the molecule is CCCC1(C(=O)N2CCN(CC)C(C)C2)CCCNC1. The van der Waals surface area contributed by atoms with Crippen LogP contribution in [0.2, 0.25) is 0 Å². The minimum atomic E-state index is -0.124. The van der Waals surface area contributed by atoms with Crippen LogP contribution < -0.4 is 5.32 Å². The molecule has 2 aliphatic rings. The summed E-state index contributed by atoms with van der Waals surface area (Å²) >= 11 is 0. The number of hydrogen-bond acceptors (Lipinski definition) is 3. The van der Waals surface area contributed by atoms with Crippen molar-refractivity contribution < 1.29 is 4.79 Å². The summed E-state index contributed by atoms with van der Waals surface area (Å²) in [5.74, 6) is 0.411. The average molecular weight is 281 g/mol. The van der Waals surface area contributed by atoms with Gasteiger partial charge in [-0.3, -0.25) is 9.69 Å². The van der Waals surface area contributed by atoms with Crippen LogP contribution in [0.4, 0.5) is 0 Å². The van der Waals surface area contributed by atoms with Crippen molar-refractivity contribution in [3.63, 3.8) is 0 Å². The summed E-state index contributed by atoms with van der Waals surface area (Å²) in [4.78, 5) is 17.7. The van der Waals surface area contributed by atoms with Crippen LogP contribution in [0.15, 0.2) is 0 Å². The van der Waals surface area contributed by atoms with E-state index in [0.717, 1.165) is 65.0 Å². The number of amides is 1. The zero-order valence-corrected chi connectivity index (χ0v) is 13.5. The zero-order chi connectivity index (χ0) is 14.6.